The SMILES string of the molecule is Oc1ccc(CN(Cc2ccco2)c2nc(C(F)F)nc3ccccc23)cc1. The number of hydrogen-bond acceptors (Lipinski definition) is 5. The maximum absolute atomic E-state index is 13.4. The summed E-state index contributed by atoms with van der Waals surface area (Å²) in [5, 5.41) is 10.2. The van der Waals surface area contributed by atoms with Crippen LogP contribution in [0.3, 0.4) is 0 Å². The highest BCUT2D eigenvalue weighted by Crippen LogP contribution is 2.29. The molecule has 0 aliphatic rings. The van der Waals surface area contributed by atoms with Gasteiger partial charge in [-0.25, -0.2) is 18.7 Å². The molecule has 7 heteroatoms. The monoisotopic (exact) mass is 381 g/mol. The largest absolute Gasteiger partial charge is 0.508 e. The average molecular weight is 381 g/mol. The molecule has 4 aromatic rings. The van der Waals surface area contributed by atoms with E-state index >= 15 is 0 Å². The van der Waals surface area contributed by atoms with Gasteiger partial charge in [0.15, 0.2) is 5.82 Å². The highest BCUT2D eigenvalue weighted by Gasteiger charge is 2.20. The van der Waals surface area contributed by atoms with E-state index in [-0.39, 0.29) is 5.75 Å². The zero-order valence-electron chi connectivity index (χ0n) is 14.8. The quantitative estimate of drug-likeness (QED) is 0.505. The van der Waals surface area contributed by atoms with Crippen LogP contribution in [0.5, 0.6) is 5.75 Å². The minimum absolute atomic E-state index is 0.161. The standard InChI is InChI=1S/C21H17F2N3O2/c22-19(23)20-24-18-6-2-1-5-17(18)21(25-20)26(13-16-4-3-11-28-16)12-14-7-9-15(27)10-8-14/h1-11,19,27H,12-13H2. The summed E-state index contributed by atoms with van der Waals surface area (Å²) in [4.78, 5) is 10.0. The molecule has 0 saturated heterocycles. The van der Waals surface area contributed by atoms with Crippen LogP contribution in [0, 0.1) is 0 Å². The van der Waals surface area contributed by atoms with Gasteiger partial charge in [-0.2, -0.15) is 0 Å². The summed E-state index contributed by atoms with van der Waals surface area (Å²) in [5.41, 5.74) is 1.35. The fraction of sp³-hybridized carbons (Fsp3) is 0.143. The average Bonchev–Trinajstić information content (AvgIpc) is 3.21. The van der Waals surface area contributed by atoms with Gasteiger partial charge in [-0.15, -0.1) is 0 Å². The van der Waals surface area contributed by atoms with Crippen molar-refractivity contribution in [3.8, 4) is 5.75 Å². The normalized spacial score (nSPS) is 11.2. The van der Waals surface area contributed by atoms with Gasteiger partial charge in [-0.1, -0.05) is 24.3 Å². The smallest absolute Gasteiger partial charge is 0.297 e. The summed E-state index contributed by atoms with van der Waals surface area (Å²) >= 11 is 0. The number of nitrogens with zero attached hydrogens (tertiary/aromatic N) is 3. The number of para-hydroxylation sites is 1. The van der Waals surface area contributed by atoms with Crippen LogP contribution in [0.25, 0.3) is 10.9 Å². The summed E-state index contributed by atoms with van der Waals surface area (Å²) in [6.07, 6.45) is -1.21. The molecule has 0 bridgehead atoms. The number of hydrogen-bond donors (Lipinski definition) is 1. The fourth-order valence-corrected chi connectivity index (χ4v) is 3.03. The summed E-state index contributed by atoms with van der Waals surface area (Å²) in [6.45, 7) is 0.738. The number of aromatic nitrogens is 2. The van der Waals surface area contributed by atoms with E-state index < -0.39 is 12.2 Å². The van der Waals surface area contributed by atoms with Gasteiger partial charge < -0.3 is 14.4 Å². The second-order valence-electron chi connectivity index (χ2n) is 6.33. The first-order chi connectivity index (χ1) is 13.6. The molecule has 2 heterocycles. The zero-order valence-corrected chi connectivity index (χ0v) is 14.8. The molecule has 0 aliphatic heterocycles. The molecule has 0 fully saturated rings. The Labute approximate surface area is 159 Å². The van der Waals surface area contributed by atoms with E-state index in [1.54, 1.807) is 48.7 Å². The zero-order chi connectivity index (χ0) is 19.5. The van der Waals surface area contributed by atoms with E-state index in [1.807, 2.05) is 23.1 Å². The molecular weight excluding hydrogens is 364 g/mol. The van der Waals surface area contributed by atoms with E-state index in [1.165, 1.54) is 0 Å². The lowest BCUT2D eigenvalue weighted by molar-refractivity contribution is 0.141. The van der Waals surface area contributed by atoms with Gasteiger partial charge in [0.2, 0.25) is 0 Å². The van der Waals surface area contributed by atoms with Gasteiger partial charge in [0.1, 0.15) is 17.3 Å². The predicted octanol–water partition coefficient (Wildman–Crippen LogP) is 5.07. The van der Waals surface area contributed by atoms with Gasteiger partial charge in [-0.05, 0) is 42.0 Å². The Kier molecular flexibility index (Phi) is 4.89. The summed E-state index contributed by atoms with van der Waals surface area (Å²) in [6, 6.07) is 17.4. The molecule has 0 spiro atoms. The number of benzene rings is 2. The van der Waals surface area contributed by atoms with Crippen LogP contribution in [0.2, 0.25) is 0 Å². The van der Waals surface area contributed by atoms with Gasteiger partial charge >= 0.3 is 0 Å². The number of fused-ring (bicyclic) bond motifs is 1. The first-order valence-corrected chi connectivity index (χ1v) is 8.70. The Morgan fingerprint density at radius 1 is 0.929 bits per heavy atom. The number of aromatic hydroxyl groups is 1. The highest BCUT2D eigenvalue weighted by atomic mass is 19.3. The molecule has 142 valence electrons. The third kappa shape index (κ3) is 3.78. The number of rotatable bonds is 6. The first-order valence-electron chi connectivity index (χ1n) is 8.70. The number of phenols is 1. The molecule has 1 N–H and O–H groups in total. The molecule has 4 rings (SSSR count). The van der Waals surface area contributed by atoms with Crippen LogP contribution in [-0.2, 0) is 13.1 Å². The molecule has 0 aliphatic carbocycles. The molecule has 2 aromatic carbocycles. The maximum Gasteiger partial charge on any atom is 0.297 e. The van der Waals surface area contributed by atoms with E-state index in [0.717, 1.165) is 5.56 Å². The second kappa shape index (κ2) is 7.64. The summed E-state index contributed by atoms with van der Waals surface area (Å²) < 4.78 is 32.3. The lowest BCUT2D eigenvalue weighted by Crippen LogP contribution is -2.24. The van der Waals surface area contributed by atoms with Gasteiger partial charge in [0, 0.05) is 11.9 Å². The van der Waals surface area contributed by atoms with Gasteiger partial charge in [-0.3, -0.25) is 0 Å². The van der Waals surface area contributed by atoms with Crippen molar-refractivity contribution in [2.24, 2.45) is 0 Å². The van der Waals surface area contributed by atoms with Crippen LogP contribution in [0.1, 0.15) is 23.6 Å². The lowest BCUT2D eigenvalue weighted by atomic mass is 10.1. The maximum atomic E-state index is 13.4. The molecule has 5 nitrogen and oxygen atoms in total. The topological polar surface area (TPSA) is 62.4 Å². The molecule has 0 atom stereocenters. The summed E-state index contributed by atoms with van der Waals surface area (Å²) in [5.74, 6) is 0.739. The Morgan fingerprint density at radius 2 is 1.71 bits per heavy atom. The third-order valence-corrected chi connectivity index (χ3v) is 4.33. The second-order valence-corrected chi connectivity index (χ2v) is 6.33. The molecule has 28 heavy (non-hydrogen) atoms. The third-order valence-electron chi connectivity index (χ3n) is 4.33. The van der Waals surface area contributed by atoms with Crippen molar-refractivity contribution < 1.29 is 18.3 Å². The minimum Gasteiger partial charge on any atom is -0.508 e. The van der Waals surface area contributed by atoms with Crippen LogP contribution in [0.4, 0.5) is 14.6 Å². The van der Waals surface area contributed by atoms with Crippen molar-refractivity contribution in [1.82, 2.24) is 9.97 Å². The first kappa shape index (κ1) is 17.9. The van der Waals surface area contributed by atoms with Crippen molar-refractivity contribution >= 4 is 16.7 Å². The van der Waals surface area contributed by atoms with Crippen molar-refractivity contribution in [1.29, 1.82) is 0 Å². The van der Waals surface area contributed by atoms with E-state index in [4.69, 9.17) is 4.42 Å². The van der Waals surface area contributed by atoms with E-state index in [2.05, 4.69) is 9.97 Å². The fourth-order valence-electron chi connectivity index (χ4n) is 3.03. The van der Waals surface area contributed by atoms with E-state index in [0.29, 0.717) is 35.6 Å². The molecule has 0 amide bonds. The van der Waals surface area contributed by atoms with Gasteiger partial charge in [0.25, 0.3) is 6.43 Å². The number of halogens is 2. The molecule has 2 aromatic heterocycles. The van der Waals surface area contributed by atoms with Crippen molar-refractivity contribution in [2.45, 2.75) is 19.5 Å². The van der Waals surface area contributed by atoms with Gasteiger partial charge in [0.05, 0.1) is 18.3 Å². The summed E-state index contributed by atoms with van der Waals surface area (Å²) in [7, 11) is 0. The predicted molar refractivity (Wildman–Crippen MR) is 101 cm³/mol. The van der Waals surface area contributed by atoms with Crippen molar-refractivity contribution in [3.63, 3.8) is 0 Å². The van der Waals surface area contributed by atoms with Crippen molar-refractivity contribution in [3.05, 3.63) is 84.1 Å². The molecular formula is C21H17F2N3O2. The number of furan rings is 1. The lowest BCUT2D eigenvalue weighted by Gasteiger charge is -2.25. The van der Waals surface area contributed by atoms with E-state index in [9.17, 15) is 13.9 Å². The molecule has 0 unspecified atom stereocenters. The number of anilines is 1. The van der Waals surface area contributed by atoms with Crippen LogP contribution >= 0.6 is 0 Å². The molecule has 0 radical (unpaired) electrons. The highest BCUT2D eigenvalue weighted by molar-refractivity contribution is 5.89. The molecule has 0 saturated carbocycles. The number of alkyl halides is 2. The Bertz CT molecular complexity index is 1070. The van der Waals surface area contributed by atoms with Crippen molar-refractivity contribution in [2.75, 3.05) is 4.90 Å². The Balaban J connectivity index is 1.81. The minimum atomic E-state index is -2.78. The Morgan fingerprint density at radius 3 is 2.43 bits per heavy atom. The number of phenolic OH excluding ortho intramolecular Hbond substituents is 1. The van der Waals surface area contributed by atoms with Crippen LogP contribution < -0.4 is 4.90 Å². The Hall–Kier alpha value is -3.48. The van der Waals surface area contributed by atoms with Crippen LogP contribution in [-0.4, -0.2) is 15.1 Å². The van der Waals surface area contributed by atoms with Crippen LogP contribution in [0.15, 0.2) is 71.3 Å².